The SMILES string of the molecule is CC1(C)NC(=O)N(CC(=O)N(C2CC2)[C@@H]2CCS(=O)(=O)C2)C1=O. The number of imide groups is 1. The Morgan fingerprint density at radius 1 is 1.26 bits per heavy atom. The van der Waals surface area contributed by atoms with Crippen LogP contribution in [-0.4, -0.2) is 71.7 Å². The van der Waals surface area contributed by atoms with E-state index >= 15 is 0 Å². The molecule has 0 spiro atoms. The minimum absolute atomic E-state index is 0.0269. The normalized spacial score (nSPS) is 28.8. The van der Waals surface area contributed by atoms with Gasteiger partial charge in [0.2, 0.25) is 5.91 Å². The van der Waals surface area contributed by atoms with Crippen molar-refractivity contribution in [1.29, 1.82) is 0 Å². The molecule has 0 radical (unpaired) electrons. The van der Waals surface area contributed by atoms with Crippen LogP contribution in [0, 0.1) is 0 Å². The molecule has 1 aliphatic carbocycles. The van der Waals surface area contributed by atoms with Crippen LogP contribution in [0.1, 0.15) is 33.1 Å². The molecule has 2 aliphatic heterocycles. The van der Waals surface area contributed by atoms with Gasteiger partial charge in [0.1, 0.15) is 12.1 Å². The van der Waals surface area contributed by atoms with Gasteiger partial charge in [0, 0.05) is 12.1 Å². The molecule has 9 heteroatoms. The molecule has 3 rings (SSSR count). The van der Waals surface area contributed by atoms with E-state index < -0.39 is 27.3 Å². The maximum atomic E-state index is 12.6. The Balaban J connectivity index is 1.73. The molecule has 8 nitrogen and oxygen atoms in total. The first-order valence-corrected chi connectivity index (χ1v) is 9.58. The number of nitrogens with one attached hydrogen (secondary N) is 1. The Morgan fingerprint density at radius 3 is 2.35 bits per heavy atom. The minimum Gasteiger partial charge on any atom is -0.334 e. The van der Waals surface area contributed by atoms with Gasteiger partial charge in [-0.1, -0.05) is 0 Å². The number of urea groups is 1. The van der Waals surface area contributed by atoms with Crippen molar-refractivity contribution in [3.8, 4) is 0 Å². The monoisotopic (exact) mass is 343 g/mol. The Hall–Kier alpha value is -1.64. The van der Waals surface area contributed by atoms with Crippen molar-refractivity contribution in [2.45, 2.75) is 50.7 Å². The predicted octanol–water partition coefficient (Wildman–Crippen LogP) is -0.505. The lowest BCUT2D eigenvalue weighted by Gasteiger charge is -2.29. The Morgan fingerprint density at radius 2 is 1.91 bits per heavy atom. The molecule has 0 unspecified atom stereocenters. The fourth-order valence-corrected chi connectivity index (χ4v) is 4.94. The molecule has 4 amide bonds. The van der Waals surface area contributed by atoms with Crippen LogP contribution in [0.25, 0.3) is 0 Å². The van der Waals surface area contributed by atoms with Crippen molar-refractivity contribution >= 4 is 27.7 Å². The molecule has 1 saturated carbocycles. The van der Waals surface area contributed by atoms with Crippen LogP contribution in [0.4, 0.5) is 4.79 Å². The van der Waals surface area contributed by atoms with Crippen LogP contribution in [0.5, 0.6) is 0 Å². The summed E-state index contributed by atoms with van der Waals surface area (Å²) in [6.45, 7) is 2.83. The van der Waals surface area contributed by atoms with E-state index in [9.17, 15) is 22.8 Å². The van der Waals surface area contributed by atoms with Gasteiger partial charge in [-0.3, -0.25) is 14.5 Å². The summed E-state index contributed by atoms with van der Waals surface area (Å²) in [7, 11) is -3.10. The summed E-state index contributed by atoms with van der Waals surface area (Å²) in [4.78, 5) is 39.2. The summed E-state index contributed by atoms with van der Waals surface area (Å²) in [5, 5.41) is 2.54. The van der Waals surface area contributed by atoms with E-state index in [0.29, 0.717) is 6.42 Å². The van der Waals surface area contributed by atoms with Gasteiger partial charge in [-0.25, -0.2) is 13.2 Å². The number of hydrogen-bond acceptors (Lipinski definition) is 5. The fourth-order valence-electron chi connectivity index (χ4n) is 3.23. The molecule has 0 aromatic carbocycles. The fraction of sp³-hybridized carbons (Fsp3) is 0.786. The standard InChI is InChI=1S/C14H21N3O5S/c1-14(2)12(19)16(13(20)15-14)7-11(18)17(9-3-4-9)10-5-6-23(21,22)8-10/h9-10H,3-8H2,1-2H3,(H,15,20)/t10-/m1/s1. The van der Waals surface area contributed by atoms with Crippen molar-refractivity contribution in [2.75, 3.05) is 18.1 Å². The van der Waals surface area contributed by atoms with Crippen LogP contribution in [0.3, 0.4) is 0 Å². The predicted molar refractivity (Wildman–Crippen MR) is 81.3 cm³/mol. The zero-order valence-electron chi connectivity index (χ0n) is 13.2. The highest BCUT2D eigenvalue weighted by Gasteiger charge is 2.47. The van der Waals surface area contributed by atoms with Gasteiger partial charge in [-0.15, -0.1) is 0 Å². The van der Waals surface area contributed by atoms with Crippen molar-refractivity contribution in [3.05, 3.63) is 0 Å². The molecular weight excluding hydrogens is 322 g/mol. The maximum Gasteiger partial charge on any atom is 0.325 e. The van der Waals surface area contributed by atoms with E-state index in [1.807, 2.05) is 0 Å². The minimum atomic E-state index is -3.10. The molecule has 23 heavy (non-hydrogen) atoms. The van der Waals surface area contributed by atoms with Gasteiger partial charge in [0.05, 0.1) is 11.5 Å². The third kappa shape index (κ3) is 3.06. The number of nitrogens with zero attached hydrogens (tertiary/aromatic N) is 2. The first-order valence-electron chi connectivity index (χ1n) is 7.76. The summed E-state index contributed by atoms with van der Waals surface area (Å²) in [6.07, 6.45) is 2.11. The van der Waals surface area contributed by atoms with Gasteiger partial charge < -0.3 is 10.2 Å². The van der Waals surface area contributed by atoms with Crippen molar-refractivity contribution in [3.63, 3.8) is 0 Å². The lowest BCUT2D eigenvalue weighted by atomic mass is 10.1. The number of amides is 4. The number of hydrogen-bond donors (Lipinski definition) is 1. The molecular formula is C14H21N3O5S. The first kappa shape index (κ1) is 16.2. The van der Waals surface area contributed by atoms with E-state index in [1.54, 1.807) is 18.7 Å². The van der Waals surface area contributed by atoms with Crippen molar-refractivity contribution in [1.82, 2.24) is 15.1 Å². The van der Waals surface area contributed by atoms with Crippen LogP contribution >= 0.6 is 0 Å². The Kier molecular flexibility index (Phi) is 3.66. The van der Waals surface area contributed by atoms with E-state index in [0.717, 1.165) is 17.7 Å². The van der Waals surface area contributed by atoms with Gasteiger partial charge >= 0.3 is 6.03 Å². The van der Waals surface area contributed by atoms with Crippen LogP contribution in [0.15, 0.2) is 0 Å². The van der Waals surface area contributed by atoms with Crippen molar-refractivity contribution in [2.24, 2.45) is 0 Å². The molecule has 3 aliphatic rings. The number of carbonyl (C=O) groups excluding carboxylic acids is 3. The zero-order chi connectivity index (χ0) is 17.0. The van der Waals surface area contributed by atoms with Crippen LogP contribution in [0.2, 0.25) is 0 Å². The third-order valence-corrected chi connectivity index (χ3v) is 6.32. The zero-order valence-corrected chi connectivity index (χ0v) is 14.1. The summed E-state index contributed by atoms with van der Waals surface area (Å²) in [6, 6.07) is -0.883. The summed E-state index contributed by atoms with van der Waals surface area (Å²) < 4.78 is 23.4. The molecule has 2 saturated heterocycles. The molecule has 2 heterocycles. The van der Waals surface area contributed by atoms with Crippen molar-refractivity contribution < 1.29 is 22.8 Å². The molecule has 1 N–H and O–H groups in total. The lowest BCUT2D eigenvalue weighted by Crippen LogP contribution is -2.49. The Labute approximate surface area is 135 Å². The van der Waals surface area contributed by atoms with Gasteiger partial charge in [0.15, 0.2) is 9.84 Å². The van der Waals surface area contributed by atoms with E-state index in [4.69, 9.17) is 0 Å². The summed E-state index contributed by atoms with van der Waals surface area (Å²) in [5.41, 5.74) is -1.02. The smallest absolute Gasteiger partial charge is 0.325 e. The van der Waals surface area contributed by atoms with Gasteiger partial charge in [-0.05, 0) is 33.1 Å². The topological polar surface area (TPSA) is 104 Å². The van der Waals surface area contributed by atoms with Gasteiger partial charge in [-0.2, -0.15) is 0 Å². The van der Waals surface area contributed by atoms with Crippen LogP contribution < -0.4 is 5.32 Å². The summed E-state index contributed by atoms with van der Waals surface area (Å²) in [5.74, 6) is -0.730. The second-order valence-electron chi connectivity index (χ2n) is 7.04. The molecule has 0 aromatic rings. The molecule has 3 fully saturated rings. The van der Waals surface area contributed by atoms with Crippen LogP contribution in [-0.2, 0) is 19.4 Å². The largest absolute Gasteiger partial charge is 0.334 e. The molecule has 0 aromatic heterocycles. The average Bonchev–Trinajstić information content (AvgIpc) is 3.15. The van der Waals surface area contributed by atoms with E-state index in [1.165, 1.54) is 0 Å². The molecule has 0 bridgehead atoms. The molecule has 1 atom stereocenters. The third-order valence-electron chi connectivity index (χ3n) is 4.57. The first-order chi connectivity index (χ1) is 10.6. The highest BCUT2D eigenvalue weighted by Crippen LogP contribution is 2.32. The van der Waals surface area contributed by atoms with E-state index in [-0.39, 0.29) is 36.0 Å². The number of carbonyl (C=O) groups is 3. The lowest BCUT2D eigenvalue weighted by molar-refractivity contribution is -0.140. The highest BCUT2D eigenvalue weighted by molar-refractivity contribution is 7.91. The van der Waals surface area contributed by atoms with Gasteiger partial charge in [0.25, 0.3) is 5.91 Å². The molecule has 128 valence electrons. The highest BCUT2D eigenvalue weighted by atomic mass is 32.2. The Bertz CT molecular complexity index is 668. The van der Waals surface area contributed by atoms with E-state index in [2.05, 4.69) is 5.32 Å². The number of rotatable bonds is 4. The maximum absolute atomic E-state index is 12.6. The second kappa shape index (κ2) is 5.19. The summed E-state index contributed by atoms with van der Waals surface area (Å²) >= 11 is 0. The quantitative estimate of drug-likeness (QED) is 0.693. The second-order valence-corrected chi connectivity index (χ2v) is 9.26. The average molecular weight is 343 g/mol. The number of sulfone groups is 1.